The van der Waals surface area contributed by atoms with Crippen molar-refractivity contribution < 1.29 is 19.4 Å². The zero-order valence-electron chi connectivity index (χ0n) is 18.4. The first-order chi connectivity index (χ1) is 14.7. The number of thiophene rings is 1. The van der Waals surface area contributed by atoms with E-state index in [4.69, 9.17) is 14.6 Å². The summed E-state index contributed by atoms with van der Waals surface area (Å²) in [5.74, 6) is 0.316. The molecule has 0 amide bonds. The van der Waals surface area contributed by atoms with Crippen molar-refractivity contribution in [3.8, 4) is 17.6 Å². The van der Waals surface area contributed by atoms with Crippen molar-refractivity contribution in [1.82, 2.24) is 0 Å². The molecule has 2 aromatic rings. The van der Waals surface area contributed by atoms with Crippen molar-refractivity contribution in [3.05, 3.63) is 39.8 Å². The number of carboxylic acid groups (broad SMARTS) is 1. The number of nitriles is 1. The van der Waals surface area contributed by atoms with Gasteiger partial charge in [0.15, 0.2) is 18.1 Å². The number of carboxylic acids is 1. The molecule has 0 aliphatic heterocycles. The van der Waals surface area contributed by atoms with E-state index in [1.54, 1.807) is 35.8 Å². The average Bonchev–Trinajstić information content (AvgIpc) is 3.07. The summed E-state index contributed by atoms with van der Waals surface area (Å²) in [5, 5.41) is 19.5. The van der Waals surface area contributed by atoms with Crippen molar-refractivity contribution in [2.24, 2.45) is 16.3 Å². The molecule has 0 fully saturated rings. The van der Waals surface area contributed by atoms with Crippen molar-refractivity contribution in [3.63, 3.8) is 0 Å². The smallest absolute Gasteiger partial charge is 0.341 e. The second kappa shape index (κ2) is 9.52. The molecule has 1 aromatic heterocycles. The van der Waals surface area contributed by atoms with Gasteiger partial charge in [0.2, 0.25) is 0 Å². The van der Waals surface area contributed by atoms with Crippen LogP contribution in [-0.4, -0.2) is 30.5 Å². The number of benzene rings is 1. The molecule has 0 bridgehead atoms. The van der Waals surface area contributed by atoms with Crippen LogP contribution in [0.2, 0.25) is 0 Å². The first-order valence-corrected chi connectivity index (χ1v) is 11.2. The van der Waals surface area contributed by atoms with Crippen LogP contribution < -0.4 is 9.47 Å². The van der Waals surface area contributed by atoms with E-state index in [2.05, 4.69) is 31.8 Å². The van der Waals surface area contributed by atoms with Crippen LogP contribution in [0.3, 0.4) is 0 Å². The normalized spacial score (nSPS) is 16.0. The van der Waals surface area contributed by atoms with Gasteiger partial charge in [-0.15, -0.1) is 11.3 Å². The Bertz CT molecular complexity index is 1030. The third kappa shape index (κ3) is 5.26. The van der Waals surface area contributed by atoms with Crippen molar-refractivity contribution >= 4 is 28.5 Å². The molecule has 0 saturated heterocycles. The summed E-state index contributed by atoms with van der Waals surface area (Å²) in [4.78, 5) is 16.9. The Balaban J connectivity index is 1.94. The molecule has 1 aromatic carbocycles. The molecule has 1 aliphatic rings. The van der Waals surface area contributed by atoms with Gasteiger partial charge in [-0.1, -0.05) is 26.8 Å². The molecule has 6 nitrogen and oxygen atoms in total. The Morgan fingerprint density at radius 3 is 2.81 bits per heavy atom. The SMILES string of the molecule is CCOc1cccc(C=Nc2sc3c(c2C#N)CC[C@@H](C(C)(C)C)C3)c1OCC(=O)O. The van der Waals surface area contributed by atoms with Crippen LogP contribution >= 0.6 is 11.3 Å². The van der Waals surface area contributed by atoms with Gasteiger partial charge in [0.1, 0.15) is 11.1 Å². The Morgan fingerprint density at radius 2 is 2.16 bits per heavy atom. The molecule has 0 radical (unpaired) electrons. The van der Waals surface area contributed by atoms with Gasteiger partial charge in [-0.05, 0) is 55.2 Å². The maximum atomic E-state index is 11.0. The molecule has 1 aliphatic carbocycles. The number of fused-ring (bicyclic) bond motifs is 1. The highest BCUT2D eigenvalue weighted by Gasteiger charge is 2.32. The van der Waals surface area contributed by atoms with Crippen LogP contribution in [0.4, 0.5) is 5.00 Å². The number of nitrogens with zero attached hydrogens (tertiary/aromatic N) is 2. The van der Waals surface area contributed by atoms with E-state index in [1.165, 1.54) is 4.88 Å². The van der Waals surface area contributed by atoms with Crippen LogP contribution in [0.5, 0.6) is 11.5 Å². The predicted octanol–water partition coefficient (Wildman–Crippen LogP) is 5.38. The highest BCUT2D eigenvalue weighted by atomic mass is 32.1. The average molecular weight is 441 g/mol. The van der Waals surface area contributed by atoms with E-state index in [0.717, 1.165) is 24.8 Å². The van der Waals surface area contributed by atoms with Gasteiger partial charge >= 0.3 is 5.97 Å². The van der Waals surface area contributed by atoms with Gasteiger partial charge in [-0.3, -0.25) is 0 Å². The van der Waals surface area contributed by atoms with E-state index >= 15 is 0 Å². The number of ether oxygens (including phenoxy) is 2. The molecule has 7 heteroatoms. The summed E-state index contributed by atoms with van der Waals surface area (Å²) >= 11 is 1.58. The van der Waals surface area contributed by atoms with Crippen LogP contribution in [0.25, 0.3) is 0 Å². The topological polar surface area (TPSA) is 91.9 Å². The van der Waals surface area contributed by atoms with Crippen LogP contribution in [0, 0.1) is 22.7 Å². The zero-order chi connectivity index (χ0) is 22.6. The van der Waals surface area contributed by atoms with Gasteiger partial charge in [0.25, 0.3) is 0 Å². The number of para-hydroxylation sites is 1. The molecule has 31 heavy (non-hydrogen) atoms. The van der Waals surface area contributed by atoms with E-state index in [1.807, 2.05) is 6.92 Å². The maximum Gasteiger partial charge on any atom is 0.341 e. The summed E-state index contributed by atoms with van der Waals surface area (Å²) in [6, 6.07) is 7.67. The second-order valence-corrected chi connectivity index (χ2v) is 9.73. The molecule has 0 unspecified atom stereocenters. The number of hydrogen-bond donors (Lipinski definition) is 1. The molecule has 1 heterocycles. The molecule has 0 spiro atoms. The molecular weight excluding hydrogens is 412 g/mol. The highest BCUT2D eigenvalue weighted by Crippen LogP contribution is 2.45. The predicted molar refractivity (Wildman–Crippen MR) is 122 cm³/mol. The van der Waals surface area contributed by atoms with Crippen LogP contribution in [0.15, 0.2) is 23.2 Å². The molecule has 3 rings (SSSR count). The molecule has 164 valence electrons. The van der Waals surface area contributed by atoms with Crippen LogP contribution in [0.1, 0.15) is 55.7 Å². The number of aliphatic carboxylic acids is 1. The van der Waals surface area contributed by atoms with Crippen molar-refractivity contribution in [1.29, 1.82) is 5.26 Å². The van der Waals surface area contributed by atoms with Crippen molar-refractivity contribution in [2.45, 2.75) is 47.0 Å². The monoisotopic (exact) mass is 440 g/mol. The Morgan fingerprint density at radius 1 is 1.39 bits per heavy atom. The Labute approximate surface area is 187 Å². The standard InChI is InChI=1S/C24H28N2O4S/c1-5-29-19-8-6-7-15(22(19)30-14-21(27)28)13-26-23-18(12-25)17-10-9-16(24(2,3)4)11-20(17)31-23/h6-8,13,16H,5,9-11,14H2,1-4H3,(H,27,28)/t16-/m1/s1. The lowest BCUT2D eigenvalue weighted by Crippen LogP contribution is -2.26. The quantitative estimate of drug-likeness (QED) is 0.583. The van der Waals surface area contributed by atoms with Gasteiger partial charge < -0.3 is 14.6 Å². The molecular formula is C24H28N2O4S. The third-order valence-corrected chi connectivity index (χ3v) is 6.72. The van der Waals surface area contributed by atoms with E-state index in [0.29, 0.717) is 40.2 Å². The van der Waals surface area contributed by atoms with E-state index < -0.39 is 12.6 Å². The number of carbonyl (C=O) groups is 1. The lowest BCUT2D eigenvalue weighted by Gasteiger charge is -2.33. The molecule has 1 N–H and O–H groups in total. The lowest BCUT2D eigenvalue weighted by atomic mass is 9.72. The molecule has 1 atom stereocenters. The van der Waals surface area contributed by atoms with Gasteiger partial charge in [-0.25, -0.2) is 9.79 Å². The third-order valence-electron chi connectivity index (χ3n) is 5.55. The second-order valence-electron chi connectivity index (χ2n) is 8.65. The Kier molecular flexibility index (Phi) is 7.01. The minimum Gasteiger partial charge on any atom is -0.490 e. The summed E-state index contributed by atoms with van der Waals surface area (Å²) in [6.45, 7) is 8.60. The van der Waals surface area contributed by atoms with Gasteiger partial charge in [0.05, 0.1) is 12.2 Å². The van der Waals surface area contributed by atoms with Crippen molar-refractivity contribution in [2.75, 3.05) is 13.2 Å². The molecule has 0 saturated carbocycles. The highest BCUT2D eigenvalue weighted by molar-refractivity contribution is 7.16. The van der Waals surface area contributed by atoms with E-state index in [-0.39, 0.29) is 5.41 Å². The van der Waals surface area contributed by atoms with Crippen LogP contribution in [-0.2, 0) is 17.6 Å². The summed E-state index contributed by atoms with van der Waals surface area (Å²) in [5.41, 5.74) is 2.62. The summed E-state index contributed by atoms with van der Waals surface area (Å²) in [7, 11) is 0. The number of aliphatic imine (C=N–C) groups is 1. The largest absolute Gasteiger partial charge is 0.490 e. The zero-order valence-corrected chi connectivity index (χ0v) is 19.2. The van der Waals surface area contributed by atoms with E-state index in [9.17, 15) is 10.1 Å². The first-order valence-electron chi connectivity index (χ1n) is 10.4. The maximum absolute atomic E-state index is 11.0. The fourth-order valence-electron chi connectivity index (χ4n) is 3.84. The number of hydrogen-bond acceptors (Lipinski definition) is 6. The summed E-state index contributed by atoms with van der Waals surface area (Å²) < 4.78 is 11.1. The number of rotatable bonds is 7. The minimum absolute atomic E-state index is 0.230. The summed E-state index contributed by atoms with van der Waals surface area (Å²) in [6.07, 6.45) is 4.58. The fraction of sp³-hybridized carbons (Fsp3) is 0.458. The van der Waals surface area contributed by atoms with Gasteiger partial charge in [0, 0.05) is 16.7 Å². The van der Waals surface area contributed by atoms with Gasteiger partial charge in [-0.2, -0.15) is 5.26 Å². The Hall–Kier alpha value is -2.85. The fourth-order valence-corrected chi connectivity index (χ4v) is 5.06. The lowest BCUT2D eigenvalue weighted by molar-refractivity contribution is -0.139. The minimum atomic E-state index is -1.07. The first kappa shape index (κ1) is 22.8.